The number of rotatable bonds is 4. The van der Waals surface area contributed by atoms with Crippen LogP contribution < -0.4 is 5.32 Å². The van der Waals surface area contributed by atoms with Gasteiger partial charge in [-0.25, -0.2) is 12.7 Å². The second kappa shape index (κ2) is 4.79. The summed E-state index contributed by atoms with van der Waals surface area (Å²) in [6.07, 6.45) is 2.05. The van der Waals surface area contributed by atoms with Crippen LogP contribution in [0.3, 0.4) is 0 Å². The zero-order chi connectivity index (χ0) is 13.4. The second-order valence-corrected chi connectivity index (χ2v) is 7.62. The minimum absolute atomic E-state index is 0.133. The van der Waals surface area contributed by atoms with Gasteiger partial charge in [0, 0.05) is 0 Å². The van der Waals surface area contributed by atoms with Crippen LogP contribution in [0.5, 0.6) is 0 Å². The van der Waals surface area contributed by atoms with Gasteiger partial charge < -0.3 is 10.1 Å². The number of hydrogen-bond acceptors (Lipinski definition) is 5. The van der Waals surface area contributed by atoms with E-state index < -0.39 is 14.8 Å². The van der Waals surface area contributed by atoms with Crippen LogP contribution in [-0.4, -0.2) is 55.7 Å². The zero-order valence-corrected chi connectivity index (χ0v) is 11.6. The molecule has 104 valence electrons. The van der Waals surface area contributed by atoms with Crippen LogP contribution >= 0.6 is 0 Å². The van der Waals surface area contributed by atoms with Crippen molar-refractivity contribution < 1.29 is 17.9 Å². The summed E-state index contributed by atoms with van der Waals surface area (Å²) < 4.78 is 28.9. The number of carbonyl (C=O) groups is 1. The van der Waals surface area contributed by atoms with Crippen molar-refractivity contribution in [1.29, 1.82) is 0 Å². The molecular formula is C11H20N2O4S. The smallest absolute Gasteiger partial charge is 0.258 e. The van der Waals surface area contributed by atoms with E-state index in [1.165, 1.54) is 13.8 Å². The maximum absolute atomic E-state index is 11.8. The molecule has 2 heterocycles. The lowest BCUT2D eigenvalue weighted by Gasteiger charge is -2.43. The Labute approximate surface area is 108 Å². The van der Waals surface area contributed by atoms with E-state index in [2.05, 4.69) is 5.32 Å². The fraction of sp³-hybridized carbons (Fsp3) is 0.909. The molecule has 0 spiro atoms. The SMILES string of the molecule is CC1(C)C(=O)N(CCOC2CCNCC2)S1(=O)=O. The normalized spacial score (nSPS) is 27.0. The van der Waals surface area contributed by atoms with Crippen LogP contribution in [0.2, 0.25) is 0 Å². The molecule has 0 unspecified atom stereocenters. The number of sulfonamides is 1. The Hall–Kier alpha value is -0.660. The molecule has 0 aromatic heterocycles. The van der Waals surface area contributed by atoms with Crippen LogP contribution in [-0.2, 0) is 19.6 Å². The first-order valence-corrected chi connectivity index (χ1v) is 7.70. The summed E-state index contributed by atoms with van der Waals surface area (Å²) in [6.45, 7) is 5.15. The summed E-state index contributed by atoms with van der Waals surface area (Å²) in [5.74, 6) is -0.337. The minimum Gasteiger partial charge on any atom is -0.376 e. The average Bonchev–Trinajstić information content (AvgIpc) is 2.34. The lowest BCUT2D eigenvalue weighted by molar-refractivity contribution is -0.133. The van der Waals surface area contributed by atoms with Crippen LogP contribution in [0.25, 0.3) is 0 Å². The van der Waals surface area contributed by atoms with Gasteiger partial charge in [0.15, 0.2) is 4.75 Å². The van der Waals surface area contributed by atoms with Gasteiger partial charge in [-0.05, 0) is 39.8 Å². The van der Waals surface area contributed by atoms with Crippen LogP contribution in [0, 0.1) is 0 Å². The van der Waals surface area contributed by atoms with E-state index in [-0.39, 0.29) is 25.2 Å². The first kappa shape index (κ1) is 13.8. The van der Waals surface area contributed by atoms with E-state index in [0.29, 0.717) is 0 Å². The molecule has 6 nitrogen and oxygen atoms in total. The van der Waals surface area contributed by atoms with Gasteiger partial charge in [0.1, 0.15) is 0 Å². The van der Waals surface area contributed by atoms with Crippen LogP contribution in [0.1, 0.15) is 26.7 Å². The number of ether oxygens (including phenoxy) is 1. The van der Waals surface area contributed by atoms with E-state index in [9.17, 15) is 13.2 Å². The molecule has 2 aliphatic heterocycles. The summed E-state index contributed by atoms with van der Waals surface area (Å²) in [5, 5.41) is 3.23. The molecule has 7 heteroatoms. The largest absolute Gasteiger partial charge is 0.376 e. The highest BCUT2D eigenvalue weighted by Crippen LogP contribution is 2.34. The van der Waals surface area contributed by atoms with Gasteiger partial charge >= 0.3 is 0 Å². The number of nitrogens with one attached hydrogen (secondary N) is 1. The zero-order valence-electron chi connectivity index (χ0n) is 10.8. The van der Waals surface area contributed by atoms with Gasteiger partial charge in [-0.1, -0.05) is 0 Å². The standard InChI is InChI=1S/C11H20N2O4S/c1-11(2)10(14)13(18(11,15)16)7-8-17-9-3-5-12-6-4-9/h9,12H,3-8H2,1-2H3. The van der Waals surface area contributed by atoms with E-state index in [1.807, 2.05) is 0 Å². The molecule has 2 aliphatic rings. The number of piperidine rings is 1. The van der Waals surface area contributed by atoms with Crippen LogP contribution in [0.15, 0.2) is 0 Å². The van der Waals surface area contributed by atoms with Gasteiger partial charge in [-0.2, -0.15) is 0 Å². The summed E-state index contributed by atoms with van der Waals surface area (Å²) in [7, 11) is -3.46. The maximum atomic E-state index is 11.8. The lowest BCUT2D eigenvalue weighted by Crippen LogP contribution is -2.67. The van der Waals surface area contributed by atoms with Crippen molar-refractivity contribution >= 4 is 15.9 Å². The van der Waals surface area contributed by atoms with Crippen molar-refractivity contribution in [2.45, 2.75) is 37.5 Å². The molecule has 0 aromatic carbocycles. The molecule has 0 bridgehead atoms. The Morgan fingerprint density at radius 3 is 2.56 bits per heavy atom. The molecule has 1 amide bonds. The molecule has 0 radical (unpaired) electrons. The summed E-state index contributed by atoms with van der Waals surface area (Å²) in [6, 6.07) is 0. The molecule has 2 fully saturated rings. The fourth-order valence-corrected chi connectivity index (χ4v) is 3.75. The molecule has 2 rings (SSSR count). The lowest BCUT2D eigenvalue weighted by atomic mass is 10.1. The summed E-state index contributed by atoms with van der Waals surface area (Å²) >= 11 is 0. The van der Waals surface area contributed by atoms with Crippen molar-refractivity contribution in [2.24, 2.45) is 0 Å². The summed E-state index contributed by atoms with van der Waals surface area (Å²) in [5.41, 5.74) is 0. The molecule has 0 saturated carbocycles. The van der Waals surface area contributed by atoms with Gasteiger partial charge in [0.2, 0.25) is 0 Å². The third-order valence-corrected chi connectivity index (χ3v) is 6.00. The topological polar surface area (TPSA) is 75.7 Å². The monoisotopic (exact) mass is 276 g/mol. The van der Waals surface area contributed by atoms with Crippen LogP contribution in [0.4, 0.5) is 0 Å². The Morgan fingerprint density at radius 1 is 1.39 bits per heavy atom. The number of carbonyl (C=O) groups excluding carboxylic acids is 1. The first-order valence-electron chi connectivity index (χ1n) is 6.26. The number of hydrogen-bond donors (Lipinski definition) is 1. The van der Waals surface area contributed by atoms with Crippen molar-refractivity contribution in [1.82, 2.24) is 9.62 Å². The van der Waals surface area contributed by atoms with Gasteiger partial charge in [-0.15, -0.1) is 0 Å². The molecule has 0 aromatic rings. The average molecular weight is 276 g/mol. The highest BCUT2D eigenvalue weighted by molar-refractivity contribution is 7.94. The molecule has 0 atom stereocenters. The Bertz CT molecular complexity index is 426. The second-order valence-electron chi connectivity index (χ2n) is 5.21. The Morgan fingerprint density at radius 2 is 2.00 bits per heavy atom. The maximum Gasteiger partial charge on any atom is 0.258 e. The summed E-state index contributed by atoms with van der Waals surface area (Å²) in [4.78, 5) is 11.7. The van der Waals surface area contributed by atoms with E-state index >= 15 is 0 Å². The van der Waals surface area contributed by atoms with E-state index in [4.69, 9.17) is 4.74 Å². The fourth-order valence-electron chi connectivity index (χ4n) is 2.24. The van der Waals surface area contributed by atoms with Crippen molar-refractivity contribution in [3.8, 4) is 0 Å². The Kier molecular flexibility index (Phi) is 3.66. The predicted molar refractivity (Wildman–Crippen MR) is 66.6 cm³/mol. The third kappa shape index (κ3) is 2.15. The number of nitrogens with zero attached hydrogens (tertiary/aromatic N) is 1. The first-order chi connectivity index (χ1) is 8.37. The van der Waals surface area contributed by atoms with Crippen molar-refractivity contribution in [3.05, 3.63) is 0 Å². The third-order valence-electron chi connectivity index (χ3n) is 3.61. The molecular weight excluding hydrogens is 256 g/mol. The van der Waals surface area contributed by atoms with E-state index in [0.717, 1.165) is 30.2 Å². The minimum atomic E-state index is -3.46. The molecule has 2 saturated heterocycles. The van der Waals surface area contributed by atoms with Gasteiger partial charge in [-0.3, -0.25) is 4.79 Å². The molecule has 0 aliphatic carbocycles. The van der Waals surface area contributed by atoms with Crippen molar-refractivity contribution in [3.63, 3.8) is 0 Å². The van der Waals surface area contributed by atoms with Crippen molar-refractivity contribution in [2.75, 3.05) is 26.2 Å². The molecule has 1 N–H and O–H groups in total. The predicted octanol–water partition coefficient (Wildman–Crippen LogP) is -0.294. The highest BCUT2D eigenvalue weighted by atomic mass is 32.2. The van der Waals surface area contributed by atoms with Gasteiger partial charge in [0.25, 0.3) is 15.9 Å². The Balaban J connectivity index is 1.80. The number of amides is 1. The van der Waals surface area contributed by atoms with Gasteiger partial charge in [0.05, 0.1) is 19.3 Å². The van der Waals surface area contributed by atoms with E-state index in [1.54, 1.807) is 0 Å². The highest BCUT2D eigenvalue weighted by Gasteiger charge is 2.59. The molecule has 18 heavy (non-hydrogen) atoms. The quantitative estimate of drug-likeness (QED) is 0.763.